The van der Waals surface area contributed by atoms with Crippen molar-refractivity contribution in [1.82, 2.24) is 0 Å². The average Bonchev–Trinajstić information content (AvgIpc) is 2.43. The van der Waals surface area contributed by atoms with Crippen LogP contribution < -0.4 is 10.0 Å². The quantitative estimate of drug-likeness (QED) is 0.853. The molecule has 0 saturated carbocycles. The van der Waals surface area contributed by atoms with E-state index in [9.17, 15) is 8.42 Å². The number of anilines is 2. The van der Waals surface area contributed by atoms with E-state index in [-0.39, 0.29) is 15.6 Å². The Kier molecular flexibility index (Phi) is 4.98. The van der Waals surface area contributed by atoms with Crippen LogP contribution in [-0.4, -0.2) is 15.0 Å². The first-order valence-electron chi connectivity index (χ1n) is 6.25. The van der Waals surface area contributed by atoms with Crippen LogP contribution in [-0.2, 0) is 10.0 Å². The minimum Gasteiger partial charge on any atom is -0.384 e. The largest absolute Gasteiger partial charge is 0.384 e. The van der Waals surface area contributed by atoms with Gasteiger partial charge in [-0.15, -0.1) is 0 Å². The third-order valence-corrected chi connectivity index (χ3v) is 4.70. The summed E-state index contributed by atoms with van der Waals surface area (Å²) in [6, 6.07) is 11.3. The van der Waals surface area contributed by atoms with Crippen molar-refractivity contribution in [3.63, 3.8) is 0 Å². The van der Waals surface area contributed by atoms with Crippen LogP contribution in [0, 0.1) is 0 Å². The van der Waals surface area contributed by atoms with Crippen molar-refractivity contribution in [1.29, 1.82) is 0 Å². The fourth-order valence-electron chi connectivity index (χ4n) is 1.81. The summed E-state index contributed by atoms with van der Waals surface area (Å²) in [6.07, 6.45) is 0. The summed E-state index contributed by atoms with van der Waals surface area (Å²) >= 11 is 11.9. The second-order valence-electron chi connectivity index (χ2n) is 4.26. The molecule has 0 aliphatic heterocycles. The Morgan fingerprint density at radius 3 is 2.48 bits per heavy atom. The van der Waals surface area contributed by atoms with E-state index < -0.39 is 10.0 Å². The van der Waals surface area contributed by atoms with Crippen LogP contribution >= 0.6 is 23.2 Å². The fraction of sp³-hybridized carbons (Fsp3) is 0.143. The van der Waals surface area contributed by atoms with Gasteiger partial charge in [0.15, 0.2) is 0 Å². The maximum atomic E-state index is 12.5. The lowest BCUT2D eigenvalue weighted by molar-refractivity contribution is 0.601. The molecule has 7 heteroatoms. The topological polar surface area (TPSA) is 58.2 Å². The maximum Gasteiger partial charge on any atom is 0.263 e. The zero-order valence-corrected chi connectivity index (χ0v) is 13.6. The first-order valence-corrected chi connectivity index (χ1v) is 8.48. The molecule has 4 nitrogen and oxygen atoms in total. The van der Waals surface area contributed by atoms with Crippen molar-refractivity contribution in [3.8, 4) is 0 Å². The van der Waals surface area contributed by atoms with E-state index >= 15 is 0 Å². The molecule has 0 heterocycles. The van der Waals surface area contributed by atoms with E-state index in [0.29, 0.717) is 17.3 Å². The molecule has 0 aromatic heterocycles. The highest BCUT2D eigenvalue weighted by Gasteiger charge is 2.19. The Labute approximate surface area is 134 Å². The highest BCUT2D eigenvalue weighted by molar-refractivity contribution is 7.92. The van der Waals surface area contributed by atoms with Crippen molar-refractivity contribution >= 4 is 44.6 Å². The van der Waals surface area contributed by atoms with Gasteiger partial charge in [-0.1, -0.05) is 35.3 Å². The standard InChI is InChI=1S/C14H14Cl2N2O2S/c1-2-17-12-5-3-4-6-14(12)21(19,20)18-13-9-10(15)7-8-11(13)16/h3-9,17-18H,2H2,1H3. The van der Waals surface area contributed by atoms with Crippen molar-refractivity contribution < 1.29 is 8.42 Å². The molecule has 2 rings (SSSR count). The van der Waals surface area contributed by atoms with Crippen molar-refractivity contribution in [2.75, 3.05) is 16.6 Å². The summed E-state index contributed by atoms with van der Waals surface area (Å²) in [4.78, 5) is 0.155. The SMILES string of the molecule is CCNc1ccccc1S(=O)(=O)Nc1cc(Cl)ccc1Cl. The van der Waals surface area contributed by atoms with Crippen LogP contribution in [0.3, 0.4) is 0 Å². The van der Waals surface area contributed by atoms with Crippen LogP contribution in [0.4, 0.5) is 11.4 Å². The summed E-state index contributed by atoms with van der Waals surface area (Å²) in [5.74, 6) is 0. The van der Waals surface area contributed by atoms with Crippen LogP contribution in [0.15, 0.2) is 47.4 Å². The van der Waals surface area contributed by atoms with Gasteiger partial charge in [0, 0.05) is 11.6 Å². The molecule has 0 fully saturated rings. The smallest absolute Gasteiger partial charge is 0.263 e. The van der Waals surface area contributed by atoms with Gasteiger partial charge in [0.05, 0.1) is 16.4 Å². The number of halogens is 2. The average molecular weight is 345 g/mol. The van der Waals surface area contributed by atoms with Gasteiger partial charge >= 0.3 is 0 Å². The second-order valence-corrected chi connectivity index (χ2v) is 6.75. The third kappa shape index (κ3) is 3.81. The summed E-state index contributed by atoms with van der Waals surface area (Å²) < 4.78 is 27.5. The number of rotatable bonds is 5. The number of nitrogens with one attached hydrogen (secondary N) is 2. The first-order chi connectivity index (χ1) is 9.94. The van der Waals surface area contributed by atoms with Crippen molar-refractivity contribution in [2.45, 2.75) is 11.8 Å². The molecule has 0 atom stereocenters. The van der Waals surface area contributed by atoms with Crippen LogP contribution in [0.5, 0.6) is 0 Å². The molecule has 0 radical (unpaired) electrons. The number of benzene rings is 2. The van der Waals surface area contributed by atoms with Crippen LogP contribution in [0.25, 0.3) is 0 Å². The molecule has 0 saturated heterocycles. The van der Waals surface area contributed by atoms with Gasteiger partial charge in [-0.2, -0.15) is 0 Å². The van der Waals surface area contributed by atoms with E-state index in [2.05, 4.69) is 10.0 Å². The van der Waals surface area contributed by atoms with Gasteiger partial charge in [0.1, 0.15) is 4.90 Å². The fourth-order valence-corrected chi connectivity index (χ4v) is 3.46. The predicted molar refractivity (Wildman–Crippen MR) is 87.9 cm³/mol. The molecule has 0 amide bonds. The minimum absolute atomic E-state index is 0.155. The lowest BCUT2D eigenvalue weighted by Crippen LogP contribution is -2.15. The predicted octanol–water partition coefficient (Wildman–Crippen LogP) is 4.23. The zero-order valence-electron chi connectivity index (χ0n) is 11.2. The number of hydrogen-bond donors (Lipinski definition) is 2. The minimum atomic E-state index is -3.76. The lowest BCUT2D eigenvalue weighted by Gasteiger charge is -2.13. The van der Waals surface area contributed by atoms with E-state index in [0.717, 1.165) is 0 Å². The Balaban J connectivity index is 2.41. The van der Waals surface area contributed by atoms with Gasteiger partial charge in [-0.25, -0.2) is 8.42 Å². The molecular weight excluding hydrogens is 331 g/mol. The second kappa shape index (κ2) is 6.56. The van der Waals surface area contributed by atoms with Crippen molar-refractivity contribution in [2.24, 2.45) is 0 Å². The van der Waals surface area contributed by atoms with Crippen molar-refractivity contribution in [3.05, 3.63) is 52.5 Å². The summed E-state index contributed by atoms with van der Waals surface area (Å²) in [5.41, 5.74) is 0.779. The molecule has 112 valence electrons. The molecule has 0 aliphatic rings. The molecule has 0 unspecified atom stereocenters. The third-order valence-electron chi connectivity index (χ3n) is 2.72. The van der Waals surface area contributed by atoms with E-state index in [1.807, 2.05) is 6.92 Å². The van der Waals surface area contributed by atoms with Gasteiger partial charge in [-0.3, -0.25) is 4.72 Å². The Morgan fingerprint density at radius 1 is 1.05 bits per heavy atom. The van der Waals surface area contributed by atoms with Gasteiger partial charge in [0.25, 0.3) is 10.0 Å². The zero-order chi connectivity index (χ0) is 15.5. The van der Waals surface area contributed by atoms with Gasteiger partial charge in [0.2, 0.25) is 0 Å². The Bertz CT molecular complexity index is 748. The first kappa shape index (κ1) is 15.9. The Hall–Kier alpha value is -1.43. The molecule has 2 aromatic rings. The molecule has 0 aliphatic carbocycles. The lowest BCUT2D eigenvalue weighted by atomic mass is 10.3. The monoisotopic (exact) mass is 344 g/mol. The van der Waals surface area contributed by atoms with Gasteiger partial charge < -0.3 is 5.32 Å². The number of para-hydroxylation sites is 1. The number of hydrogen-bond acceptors (Lipinski definition) is 3. The number of sulfonamides is 1. The molecule has 2 N–H and O–H groups in total. The van der Waals surface area contributed by atoms with Crippen LogP contribution in [0.1, 0.15) is 6.92 Å². The molecule has 0 bridgehead atoms. The molecule has 21 heavy (non-hydrogen) atoms. The highest BCUT2D eigenvalue weighted by Crippen LogP contribution is 2.29. The van der Waals surface area contributed by atoms with Crippen LogP contribution in [0.2, 0.25) is 10.0 Å². The van der Waals surface area contributed by atoms with E-state index in [1.54, 1.807) is 24.3 Å². The molecule has 2 aromatic carbocycles. The normalized spacial score (nSPS) is 11.2. The summed E-state index contributed by atoms with van der Waals surface area (Å²) in [6.45, 7) is 2.51. The molecule has 0 spiro atoms. The van der Waals surface area contributed by atoms with E-state index in [4.69, 9.17) is 23.2 Å². The highest BCUT2D eigenvalue weighted by atomic mass is 35.5. The van der Waals surface area contributed by atoms with Gasteiger partial charge in [-0.05, 0) is 37.3 Å². The Morgan fingerprint density at radius 2 is 1.76 bits per heavy atom. The summed E-state index contributed by atoms with van der Waals surface area (Å²) in [7, 11) is -3.76. The van der Waals surface area contributed by atoms with E-state index in [1.165, 1.54) is 18.2 Å². The molecular formula is C14H14Cl2N2O2S. The maximum absolute atomic E-state index is 12.5. The summed E-state index contributed by atoms with van der Waals surface area (Å²) in [5, 5.41) is 3.70.